The van der Waals surface area contributed by atoms with Gasteiger partial charge in [-0.1, -0.05) is 30.0 Å². The van der Waals surface area contributed by atoms with Crippen molar-refractivity contribution in [2.45, 2.75) is 19.3 Å². The van der Waals surface area contributed by atoms with Crippen LogP contribution in [-0.2, 0) is 9.59 Å². The Morgan fingerprint density at radius 1 is 1.26 bits per heavy atom. The summed E-state index contributed by atoms with van der Waals surface area (Å²) in [5, 5.41) is 15.7. The lowest BCUT2D eigenvalue weighted by atomic mass is 9.87. The van der Waals surface area contributed by atoms with Gasteiger partial charge in [-0.05, 0) is 36.8 Å². The van der Waals surface area contributed by atoms with E-state index in [0.29, 0.717) is 28.6 Å². The van der Waals surface area contributed by atoms with Crippen molar-refractivity contribution in [3.8, 4) is 17.6 Å². The Labute approximate surface area is 185 Å². The fourth-order valence-electron chi connectivity index (χ4n) is 3.22. The molecule has 0 aromatic heterocycles. The molecule has 1 heterocycles. The molecule has 0 radical (unpaired) electrons. The molecule has 0 saturated heterocycles. The molecule has 3 rings (SSSR count). The van der Waals surface area contributed by atoms with Crippen molar-refractivity contribution in [3.63, 3.8) is 0 Å². The molecule has 31 heavy (non-hydrogen) atoms. The summed E-state index contributed by atoms with van der Waals surface area (Å²) in [4.78, 5) is 24.7. The van der Waals surface area contributed by atoms with Gasteiger partial charge >= 0.3 is 0 Å². The van der Waals surface area contributed by atoms with Crippen LogP contribution in [0.3, 0.4) is 0 Å². The molecule has 0 spiro atoms. The quantitative estimate of drug-likeness (QED) is 0.651. The van der Waals surface area contributed by atoms with E-state index < -0.39 is 0 Å². The number of anilines is 1. The van der Waals surface area contributed by atoms with Crippen LogP contribution in [0.1, 0.15) is 24.8 Å². The molecule has 2 amide bonds. The molecular formula is C23H23N3O4S. The van der Waals surface area contributed by atoms with Crippen LogP contribution in [-0.4, -0.2) is 31.3 Å². The number of methoxy groups -OCH3 is 1. The van der Waals surface area contributed by atoms with Crippen LogP contribution in [0.5, 0.6) is 11.5 Å². The van der Waals surface area contributed by atoms with Gasteiger partial charge in [-0.2, -0.15) is 5.26 Å². The molecule has 0 unspecified atom stereocenters. The van der Waals surface area contributed by atoms with E-state index in [0.717, 1.165) is 23.1 Å². The summed E-state index contributed by atoms with van der Waals surface area (Å²) in [6.45, 7) is 2.47. The molecule has 0 fully saturated rings. The predicted molar refractivity (Wildman–Crippen MR) is 120 cm³/mol. The van der Waals surface area contributed by atoms with E-state index >= 15 is 0 Å². The fourth-order valence-corrected chi connectivity index (χ4v) is 4.09. The van der Waals surface area contributed by atoms with Crippen molar-refractivity contribution < 1.29 is 19.1 Å². The van der Waals surface area contributed by atoms with Gasteiger partial charge in [0.15, 0.2) is 0 Å². The molecule has 2 aromatic carbocycles. The van der Waals surface area contributed by atoms with E-state index in [-0.39, 0.29) is 29.9 Å². The van der Waals surface area contributed by atoms with Crippen molar-refractivity contribution in [1.82, 2.24) is 5.32 Å². The number of hydrogen-bond acceptors (Lipinski definition) is 6. The molecule has 1 aliphatic rings. The molecule has 1 aliphatic heterocycles. The maximum Gasteiger partial charge on any atom is 0.234 e. The molecular weight excluding hydrogens is 414 g/mol. The number of nitriles is 1. The highest BCUT2D eigenvalue weighted by Gasteiger charge is 2.29. The van der Waals surface area contributed by atoms with E-state index in [2.05, 4.69) is 16.7 Å². The van der Waals surface area contributed by atoms with Crippen LogP contribution in [0, 0.1) is 11.3 Å². The number of allylic oxidation sites excluding steroid dienone is 1. The Kier molecular flexibility index (Phi) is 7.57. The normalized spacial score (nSPS) is 15.6. The van der Waals surface area contributed by atoms with E-state index in [1.165, 1.54) is 0 Å². The molecule has 8 heteroatoms. The summed E-state index contributed by atoms with van der Waals surface area (Å²) in [6, 6.07) is 16.6. The zero-order chi connectivity index (χ0) is 22.2. The number of amides is 2. The van der Waals surface area contributed by atoms with Crippen LogP contribution < -0.4 is 20.1 Å². The average Bonchev–Trinajstić information content (AvgIpc) is 2.78. The number of nitrogens with one attached hydrogen (secondary N) is 2. The van der Waals surface area contributed by atoms with Gasteiger partial charge in [0.2, 0.25) is 11.8 Å². The number of thioether (sulfide) groups is 1. The zero-order valence-electron chi connectivity index (χ0n) is 17.3. The first-order valence-corrected chi connectivity index (χ1v) is 10.8. The number of rotatable bonds is 8. The Balaban J connectivity index is 1.72. The third-order valence-electron chi connectivity index (χ3n) is 4.65. The number of nitrogens with zero attached hydrogens (tertiary/aromatic N) is 1. The summed E-state index contributed by atoms with van der Waals surface area (Å²) in [7, 11) is 1.55. The van der Waals surface area contributed by atoms with Gasteiger partial charge in [0.25, 0.3) is 0 Å². The van der Waals surface area contributed by atoms with Gasteiger partial charge in [-0.15, -0.1) is 0 Å². The second-order valence-corrected chi connectivity index (χ2v) is 7.72. The minimum atomic E-state index is -0.363. The lowest BCUT2D eigenvalue weighted by Crippen LogP contribution is -2.31. The second-order valence-electron chi connectivity index (χ2n) is 6.73. The van der Waals surface area contributed by atoms with Gasteiger partial charge in [-0.3, -0.25) is 9.59 Å². The molecule has 0 bridgehead atoms. The minimum Gasteiger partial charge on any atom is -0.497 e. The van der Waals surface area contributed by atoms with Crippen LogP contribution in [0.2, 0.25) is 0 Å². The van der Waals surface area contributed by atoms with Crippen LogP contribution in [0.15, 0.2) is 59.1 Å². The number of carbonyl (C=O) groups excluding carboxylic acids is 2. The van der Waals surface area contributed by atoms with Gasteiger partial charge in [0.05, 0.1) is 36.1 Å². The van der Waals surface area contributed by atoms with E-state index in [4.69, 9.17) is 9.47 Å². The van der Waals surface area contributed by atoms with E-state index in [1.54, 1.807) is 31.4 Å². The number of carbonyl (C=O) groups is 2. The van der Waals surface area contributed by atoms with E-state index in [9.17, 15) is 14.9 Å². The van der Waals surface area contributed by atoms with Crippen molar-refractivity contribution in [2.75, 3.05) is 24.8 Å². The number of hydrogen-bond donors (Lipinski definition) is 2. The lowest BCUT2D eigenvalue weighted by Gasteiger charge is -2.25. The summed E-state index contributed by atoms with van der Waals surface area (Å²) in [5.41, 5.74) is 1.91. The minimum absolute atomic E-state index is 0.0496. The van der Waals surface area contributed by atoms with Gasteiger partial charge < -0.3 is 20.1 Å². The van der Waals surface area contributed by atoms with Crippen LogP contribution >= 0.6 is 11.8 Å². The SMILES string of the molecule is CCOc1ccc([C@@H]2CC(=O)NC(SCC(=O)Nc3cccc(OC)c3)=C2C#N)cc1. The van der Waals surface area contributed by atoms with Gasteiger partial charge in [0.1, 0.15) is 11.5 Å². The Morgan fingerprint density at radius 2 is 2.03 bits per heavy atom. The smallest absolute Gasteiger partial charge is 0.234 e. The molecule has 0 saturated carbocycles. The fraction of sp³-hybridized carbons (Fsp3) is 0.261. The Bertz CT molecular complexity index is 1030. The van der Waals surface area contributed by atoms with E-state index in [1.807, 2.05) is 31.2 Å². The highest BCUT2D eigenvalue weighted by atomic mass is 32.2. The molecule has 0 aliphatic carbocycles. The zero-order valence-corrected chi connectivity index (χ0v) is 18.1. The summed E-state index contributed by atoms with van der Waals surface area (Å²) in [5.74, 6) is 0.622. The van der Waals surface area contributed by atoms with Crippen molar-refractivity contribution in [2.24, 2.45) is 0 Å². The first-order chi connectivity index (χ1) is 15.0. The van der Waals surface area contributed by atoms with Crippen molar-refractivity contribution in [1.29, 1.82) is 5.26 Å². The maximum absolute atomic E-state index is 12.4. The largest absolute Gasteiger partial charge is 0.497 e. The average molecular weight is 438 g/mol. The van der Waals surface area contributed by atoms with Gasteiger partial charge in [0, 0.05) is 24.1 Å². The number of ether oxygens (including phenoxy) is 2. The first-order valence-electron chi connectivity index (χ1n) is 9.77. The molecule has 7 nitrogen and oxygen atoms in total. The molecule has 160 valence electrons. The van der Waals surface area contributed by atoms with Crippen molar-refractivity contribution in [3.05, 3.63) is 64.7 Å². The molecule has 2 N–H and O–H groups in total. The van der Waals surface area contributed by atoms with Crippen LogP contribution in [0.25, 0.3) is 0 Å². The summed E-state index contributed by atoms with van der Waals surface area (Å²) >= 11 is 1.14. The highest BCUT2D eigenvalue weighted by molar-refractivity contribution is 8.03. The Hall–Kier alpha value is -3.44. The molecule has 2 aromatic rings. The van der Waals surface area contributed by atoms with Crippen molar-refractivity contribution >= 4 is 29.3 Å². The Morgan fingerprint density at radius 3 is 2.71 bits per heavy atom. The van der Waals surface area contributed by atoms with Crippen LogP contribution in [0.4, 0.5) is 5.69 Å². The maximum atomic E-state index is 12.4. The third-order valence-corrected chi connectivity index (χ3v) is 5.67. The lowest BCUT2D eigenvalue weighted by molar-refractivity contribution is -0.121. The first kappa shape index (κ1) is 22.2. The van der Waals surface area contributed by atoms with Gasteiger partial charge in [-0.25, -0.2) is 0 Å². The highest BCUT2D eigenvalue weighted by Crippen LogP contribution is 2.36. The monoisotopic (exact) mass is 437 g/mol. The third kappa shape index (κ3) is 5.80. The number of benzene rings is 2. The topological polar surface area (TPSA) is 100 Å². The predicted octanol–water partition coefficient (Wildman–Crippen LogP) is 3.80. The summed E-state index contributed by atoms with van der Waals surface area (Å²) < 4.78 is 10.6. The summed E-state index contributed by atoms with van der Waals surface area (Å²) in [6.07, 6.45) is 0.178. The standard InChI is InChI=1S/C23H23N3O4S/c1-3-30-17-9-7-15(8-10-17)19-12-21(27)26-23(20(19)13-24)31-14-22(28)25-16-5-4-6-18(11-16)29-2/h4-11,19H,3,12,14H2,1-2H3,(H,25,28)(H,26,27)/t19-/m0/s1. The molecule has 1 atom stereocenters. The second kappa shape index (κ2) is 10.5.